The van der Waals surface area contributed by atoms with Gasteiger partial charge in [-0.05, 0) is 12.1 Å². The predicted molar refractivity (Wildman–Crippen MR) is 64.3 cm³/mol. The summed E-state index contributed by atoms with van der Waals surface area (Å²) in [7, 11) is 1.84. The number of aromatic nitrogens is 5. The average molecular weight is 228 g/mol. The van der Waals surface area contributed by atoms with Gasteiger partial charge in [0.15, 0.2) is 5.82 Å². The van der Waals surface area contributed by atoms with Gasteiger partial charge < -0.3 is 5.73 Å². The van der Waals surface area contributed by atoms with E-state index in [0.717, 1.165) is 16.6 Å². The van der Waals surface area contributed by atoms with Crippen LogP contribution in [0.4, 0.5) is 5.82 Å². The highest BCUT2D eigenvalue weighted by molar-refractivity contribution is 5.88. The highest BCUT2D eigenvalue weighted by Gasteiger charge is 2.08. The van der Waals surface area contributed by atoms with Crippen molar-refractivity contribution in [1.29, 1.82) is 0 Å². The Kier molecular flexibility index (Phi) is 2.07. The third-order valence-corrected chi connectivity index (χ3v) is 2.65. The molecule has 3 rings (SSSR count). The summed E-state index contributed by atoms with van der Waals surface area (Å²) < 4.78 is 3.51. The molecule has 2 aromatic heterocycles. The van der Waals surface area contributed by atoms with Crippen molar-refractivity contribution >= 4 is 16.7 Å². The number of nitrogens with two attached hydrogens (primary N) is 1. The summed E-state index contributed by atoms with van der Waals surface area (Å²) in [6.45, 7) is 0.575. The minimum Gasteiger partial charge on any atom is -0.382 e. The third-order valence-electron chi connectivity index (χ3n) is 2.65. The second kappa shape index (κ2) is 3.58. The molecular formula is C11H12N6. The first-order valence-electron chi connectivity index (χ1n) is 5.30. The van der Waals surface area contributed by atoms with Gasteiger partial charge in [0.1, 0.15) is 5.69 Å². The van der Waals surface area contributed by atoms with Gasteiger partial charge in [-0.15, -0.1) is 5.10 Å². The van der Waals surface area contributed by atoms with Gasteiger partial charge in [-0.25, -0.2) is 0 Å². The van der Waals surface area contributed by atoms with Gasteiger partial charge in [0, 0.05) is 18.6 Å². The van der Waals surface area contributed by atoms with Crippen molar-refractivity contribution in [3.05, 3.63) is 36.2 Å². The molecule has 0 radical (unpaired) electrons. The zero-order chi connectivity index (χ0) is 11.8. The van der Waals surface area contributed by atoms with Crippen molar-refractivity contribution in [3.8, 4) is 0 Å². The van der Waals surface area contributed by atoms with E-state index < -0.39 is 0 Å². The Bertz CT molecular complexity index is 665. The molecule has 6 heteroatoms. The lowest BCUT2D eigenvalue weighted by Crippen LogP contribution is -2.02. The number of hydrogen-bond donors (Lipinski definition) is 1. The zero-order valence-electron chi connectivity index (χ0n) is 9.41. The molecule has 0 unspecified atom stereocenters. The van der Waals surface area contributed by atoms with Crippen molar-refractivity contribution in [3.63, 3.8) is 0 Å². The highest BCUT2D eigenvalue weighted by Crippen LogP contribution is 2.20. The van der Waals surface area contributed by atoms with E-state index in [1.54, 1.807) is 4.68 Å². The van der Waals surface area contributed by atoms with Crippen molar-refractivity contribution in [1.82, 2.24) is 24.8 Å². The first-order chi connectivity index (χ1) is 8.24. The lowest BCUT2D eigenvalue weighted by molar-refractivity contribution is 0.689. The summed E-state index contributed by atoms with van der Waals surface area (Å²) in [5, 5.41) is 13.2. The van der Waals surface area contributed by atoms with Crippen molar-refractivity contribution in [2.75, 3.05) is 5.73 Å². The van der Waals surface area contributed by atoms with E-state index in [4.69, 9.17) is 5.73 Å². The maximum Gasteiger partial charge on any atom is 0.153 e. The average Bonchev–Trinajstić information content (AvgIpc) is 2.86. The number of rotatable bonds is 2. The molecule has 0 saturated carbocycles. The molecular weight excluding hydrogens is 216 g/mol. The number of para-hydroxylation sites is 1. The maximum absolute atomic E-state index is 5.86. The summed E-state index contributed by atoms with van der Waals surface area (Å²) in [5.41, 5.74) is 7.73. The van der Waals surface area contributed by atoms with E-state index in [1.807, 2.05) is 42.2 Å². The number of aryl methyl sites for hydroxylation is 1. The fourth-order valence-corrected chi connectivity index (χ4v) is 1.89. The Morgan fingerprint density at radius 2 is 2.12 bits per heavy atom. The van der Waals surface area contributed by atoms with Crippen LogP contribution in [0.2, 0.25) is 0 Å². The van der Waals surface area contributed by atoms with Crippen LogP contribution in [0.25, 0.3) is 10.9 Å². The van der Waals surface area contributed by atoms with E-state index in [2.05, 4.69) is 15.4 Å². The van der Waals surface area contributed by atoms with Crippen LogP contribution < -0.4 is 5.73 Å². The van der Waals surface area contributed by atoms with E-state index >= 15 is 0 Å². The predicted octanol–water partition coefficient (Wildman–Crippen LogP) is 0.795. The van der Waals surface area contributed by atoms with Crippen LogP contribution in [0.5, 0.6) is 0 Å². The van der Waals surface area contributed by atoms with Gasteiger partial charge in [0.2, 0.25) is 0 Å². The van der Waals surface area contributed by atoms with Gasteiger partial charge in [0.05, 0.1) is 12.1 Å². The molecule has 0 aliphatic rings. The van der Waals surface area contributed by atoms with Gasteiger partial charge >= 0.3 is 0 Å². The molecule has 0 bridgehead atoms. The fourth-order valence-electron chi connectivity index (χ4n) is 1.89. The van der Waals surface area contributed by atoms with Crippen LogP contribution in [-0.2, 0) is 13.6 Å². The van der Waals surface area contributed by atoms with Gasteiger partial charge in [0.25, 0.3) is 0 Å². The molecule has 17 heavy (non-hydrogen) atoms. The van der Waals surface area contributed by atoms with E-state index in [-0.39, 0.29) is 0 Å². The van der Waals surface area contributed by atoms with Crippen molar-refractivity contribution < 1.29 is 0 Å². The zero-order valence-corrected chi connectivity index (χ0v) is 9.41. The molecule has 0 atom stereocenters. The molecule has 2 N–H and O–H groups in total. The Balaban J connectivity index is 2.06. The van der Waals surface area contributed by atoms with Crippen molar-refractivity contribution in [2.24, 2.45) is 7.05 Å². The summed E-state index contributed by atoms with van der Waals surface area (Å²) in [6, 6.07) is 7.88. The number of anilines is 1. The molecule has 1 aromatic carbocycles. The molecule has 0 amide bonds. The Hall–Kier alpha value is -2.37. The molecule has 0 aliphatic heterocycles. The summed E-state index contributed by atoms with van der Waals surface area (Å²) in [6.07, 6.45) is 1.87. The highest BCUT2D eigenvalue weighted by atomic mass is 15.4. The van der Waals surface area contributed by atoms with Crippen LogP contribution in [0.3, 0.4) is 0 Å². The molecule has 0 fully saturated rings. The summed E-state index contributed by atoms with van der Waals surface area (Å²) >= 11 is 0. The Morgan fingerprint density at radius 1 is 1.29 bits per heavy atom. The molecule has 0 spiro atoms. The fraction of sp³-hybridized carbons (Fsp3) is 0.182. The lowest BCUT2D eigenvalue weighted by atomic mass is 10.2. The van der Waals surface area contributed by atoms with Gasteiger partial charge in [-0.1, -0.05) is 17.3 Å². The minimum absolute atomic E-state index is 0.546. The Labute approximate surface area is 97.6 Å². The second-order valence-corrected chi connectivity index (χ2v) is 3.94. The number of nitrogens with zero attached hydrogens (tertiary/aromatic N) is 5. The first kappa shape index (κ1) is 9.83. The summed E-state index contributed by atoms with van der Waals surface area (Å²) in [4.78, 5) is 0. The van der Waals surface area contributed by atoms with Crippen LogP contribution in [0.15, 0.2) is 30.5 Å². The smallest absolute Gasteiger partial charge is 0.153 e. The molecule has 3 aromatic rings. The number of hydrogen-bond acceptors (Lipinski definition) is 4. The SMILES string of the molecule is Cn1cc(Cn2nc(N)c3ccccc32)nn1. The quantitative estimate of drug-likeness (QED) is 0.703. The van der Waals surface area contributed by atoms with E-state index in [0.29, 0.717) is 12.4 Å². The molecule has 2 heterocycles. The van der Waals surface area contributed by atoms with Crippen LogP contribution in [-0.4, -0.2) is 24.8 Å². The topological polar surface area (TPSA) is 74.5 Å². The summed E-state index contributed by atoms with van der Waals surface area (Å²) in [5.74, 6) is 0.546. The van der Waals surface area contributed by atoms with Crippen LogP contribution in [0, 0.1) is 0 Å². The molecule has 86 valence electrons. The maximum atomic E-state index is 5.86. The Morgan fingerprint density at radius 3 is 2.88 bits per heavy atom. The number of benzene rings is 1. The van der Waals surface area contributed by atoms with Crippen molar-refractivity contribution in [2.45, 2.75) is 6.54 Å². The normalized spacial score (nSPS) is 11.1. The number of fused-ring (bicyclic) bond motifs is 1. The molecule has 6 nitrogen and oxygen atoms in total. The monoisotopic (exact) mass is 228 g/mol. The third kappa shape index (κ3) is 1.63. The molecule has 0 saturated heterocycles. The number of nitrogen functional groups attached to an aromatic ring is 1. The largest absolute Gasteiger partial charge is 0.382 e. The first-order valence-corrected chi connectivity index (χ1v) is 5.30. The van der Waals surface area contributed by atoms with E-state index in [1.165, 1.54) is 0 Å². The van der Waals surface area contributed by atoms with Gasteiger partial charge in [-0.3, -0.25) is 9.36 Å². The second-order valence-electron chi connectivity index (χ2n) is 3.94. The van der Waals surface area contributed by atoms with Crippen LogP contribution in [0.1, 0.15) is 5.69 Å². The van der Waals surface area contributed by atoms with E-state index in [9.17, 15) is 0 Å². The van der Waals surface area contributed by atoms with Gasteiger partial charge in [-0.2, -0.15) is 5.10 Å². The van der Waals surface area contributed by atoms with Crippen LogP contribution >= 0.6 is 0 Å². The molecule has 0 aliphatic carbocycles. The lowest BCUT2D eigenvalue weighted by Gasteiger charge is -1.98. The minimum atomic E-state index is 0.546. The standard InChI is InChI=1S/C11H12N6/c1-16-6-8(13-15-16)7-17-10-5-3-2-4-9(10)11(12)14-17/h2-6H,7H2,1H3,(H2,12,14).